The third-order valence-corrected chi connectivity index (χ3v) is 8.36. The van der Waals surface area contributed by atoms with Crippen molar-refractivity contribution in [1.82, 2.24) is 0 Å². The van der Waals surface area contributed by atoms with Crippen LogP contribution in [0.2, 0.25) is 0 Å². The van der Waals surface area contributed by atoms with Crippen molar-refractivity contribution in [3.8, 4) is 0 Å². The first-order chi connectivity index (χ1) is 9.02. The Morgan fingerprint density at radius 3 is 1.63 bits per heavy atom. The second-order valence-corrected chi connectivity index (χ2v) is 12.9. The van der Waals surface area contributed by atoms with Crippen molar-refractivity contribution in [2.75, 3.05) is 13.2 Å². The van der Waals surface area contributed by atoms with Gasteiger partial charge in [-0.15, -0.1) is 0 Å². The quantitative estimate of drug-likeness (QED) is 0.272. The first-order valence-electron chi connectivity index (χ1n) is 6.72. The Morgan fingerprint density at radius 1 is 0.947 bits per heavy atom. The molecule has 0 aromatic carbocycles. The van der Waals surface area contributed by atoms with Gasteiger partial charge in [-0.2, -0.15) is 0 Å². The Kier molecular flexibility index (Phi) is 12.2. The van der Waals surface area contributed by atoms with Gasteiger partial charge in [0.1, 0.15) is 0 Å². The number of thiol groups is 2. The van der Waals surface area contributed by atoms with E-state index in [4.69, 9.17) is 9.47 Å². The van der Waals surface area contributed by atoms with Gasteiger partial charge in [0.05, 0.1) is 0 Å². The fraction of sp³-hybridized carbons (Fsp3) is 0.833. The standard InChI is InChI=1S/2C6H11O2S.Zn/c2*1-2-3-4-8-6(7)5-9;/h2*5,9H,2-4H2,1H3;. The van der Waals surface area contributed by atoms with Crippen LogP contribution >= 0.6 is 25.3 Å². The predicted octanol–water partition coefficient (Wildman–Crippen LogP) is 2.27. The number of esters is 2. The number of rotatable bonds is 10. The van der Waals surface area contributed by atoms with Crippen molar-refractivity contribution < 1.29 is 36.2 Å². The van der Waals surface area contributed by atoms with Gasteiger partial charge in [0.25, 0.3) is 0 Å². The first kappa shape index (κ1) is 19.3. The van der Waals surface area contributed by atoms with Gasteiger partial charge in [-0.25, -0.2) is 0 Å². The van der Waals surface area contributed by atoms with Crippen LogP contribution < -0.4 is 0 Å². The molecule has 0 fully saturated rings. The van der Waals surface area contributed by atoms with Crippen molar-refractivity contribution >= 4 is 37.2 Å². The summed E-state index contributed by atoms with van der Waals surface area (Å²) in [6, 6.07) is 0. The predicted molar refractivity (Wildman–Crippen MR) is 77.3 cm³/mol. The normalized spacial score (nSPS) is 13.3. The minimum atomic E-state index is -1.59. The van der Waals surface area contributed by atoms with Gasteiger partial charge in [0, 0.05) is 0 Å². The summed E-state index contributed by atoms with van der Waals surface area (Å²) in [7, 11) is 0. The summed E-state index contributed by atoms with van der Waals surface area (Å²) in [6.07, 6.45) is 3.65. The summed E-state index contributed by atoms with van der Waals surface area (Å²) in [4.78, 5) is 23.2. The molecule has 4 nitrogen and oxygen atoms in total. The topological polar surface area (TPSA) is 52.6 Å². The molecule has 108 valence electrons. The van der Waals surface area contributed by atoms with Crippen LogP contribution in [0.15, 0.2) is 0 Å². The molecule has 0 aromatic heterocycles. The third kappa shape index (κ3) is 9.75. The van der Waals surface area contributed by atoms with Crippen LogP contribution in [0.3, 0.4) is 0 Å². The Bertz CT molecular complexity index is 250. The van der Waals surface area contributed by atoms with Crippen molar-refractivity contribution in [2.45, 2.75) is 47.2 Å². The molecule has 0 heterocycles. The molecular formula is C12H22O4S2Zn. The van der Waals surface area contributed by atoms with E-state index in [1.807, 2.05) is 13.8 Å². The molecule has 0 amide bonds. The van der Waals surface area contributed by atoms with Gasteiger partial charge in [0.2, 0.25) is 0 Å². The fourth-order valence-corrected chi connectivity index (χ4v) is 6.62. The molecule has 0 radical (unpaired) electrons. The third-order valence-electron chi connectivity index (χ3n) is 2.48. The maximum atomic E-state index is 11.6. The van der Waals surface area contributed by atoms with Crippen LogP contribution in [0.25, 0.3) is 0 Å². The van der Waals surface area contributed by atoms with Gasteiger partial charge < -0.3 is 0 Å². The molecule has 2 unspecified atom stereocenters. The summed E-state index contributed by atoms with van der Waals surface area (Å²) >= 11 is 6.85. The number of carbonyl (C=O) groups excluding carboxylic acids is 2. The molecule has 2 atom stereocenters. The summed E-state index contributed by atoms with van der Waals surface area (Å²) < 4.78 is 9.23. The molecule has 0 bridgehead atoms. The minimum absolute atomic E-state index is 0.322. The van der Waals surface area contributed by atoms with Crippen LogP contribution in [0, 0.1) is 0 Å². The van der Waals surface area contributed by atoms with E-state index < -0.39 is 24.8 Å². The second-order valence-electron chi connectivity index (χ2n) is 4.31. The molecule has 0 aliphatic heterocycles. The van der Waals surface area contributed by atoms with E-state index in [0.29, 0.717) is 13.2 Å². The summed E-state index contributed by atoms with van der Waals surface area (Å²) in [6.45, 7) is 4.90. The van der Waals surface area contributed by atoms with E-state index in [9.17, 15) is 9.59 Å². The number of carbonyl (C=O) groups is 2. The van der Waals surface area contributed by atoms with Gasteiger partial charge in [0.15, 0.2) is 0 Å². The molecule has 0 rings (SSSR count). The van der Waals surface area contributed by atoms with Crippen LogP contribution in [0.1, 0.15) is 39.5 Å². The molecule has 0 aliphatic carbocycles. The Balaban J connectivity index is 3.92. The van der Waals surface area contributed by atoms with Gasteiger partial charge in [-0.1, -0.05) is 0 Å². The molecule has 19 heavy (non-hydrogen) atoms. The first-order valence-corrected chi connectivity index (χ1v) is 11.2. The fourth-order valence-electron chi connectivity index (χ4n) is 1.23. The molecule has 0 N–H and O–H groups in total. The molecule has 0 saturated carbocycles. The average Bonchev–Trinajstić information content (AvgIpc) is 2.38. The number of ether oxygens (including phenoxy) is 2. The number of hydrogen-bond acceptors (Lipinski definition) is 6. The second kappa shape index (κ2) is 12.0. The van der Waals surface area contributed by atoms with Gasteiger partial charge in [-0.3, -0.25) is 0 Å². The maximum absolute atomic E-state index is 11.6. The zero-order valence-corrected chi connectivity index (χ0v) is 16.4. The molecule has 0 spiro atoms. The monoisotopic (exact) mass is 358 g/mol. The number of hydrogen-bond donors (Lipinski definition) is 2. The SMILES string of the molecule is CCCCOC(=O)[CH](S)[Zn][CH](S)C(=O)OCCCC. The van der Waals surface area contributed by atoms with Gasteiger partial charge >= 0.3 is 134 Å². The molecule has 7 heteroatoms. The average molecular weight is 360 g/mol. The Hall–Kier alpha value is 0.263. The van der Waals surface area contributed by atoms with E-state index in [2.05, 4.69) is 25.3 Å². The van der Waals surface area contributed by atoms with Crippen LogP contribution in [0.5, 0.6) is 0 Å². The zero-order valence-electron chi connectivity index (χ0n) is 11.6. The summed E-state index contributed by atoms with van der Waals surface area (Å²) in [5.74, 6) is -0.644. The van der Waals surface area contributed by atoms with E-state index in [1.165, 1.54) is 0 Å². The Labute approximate surface area is 133 Å². The van der Waals surface area contributed by atoms with Crippen LogP contribution in [0.4, 0.5) is 0 Å². The summed E-state index contributed by atoms with van der Waals surface area (Å²) in [5, 5.41) is 0. The van der Waals surface area contributed by atoms with E-state index >= 15 is 0 Å². The molecule has 0 saturated heterocycles. The van der Waals surface area contributed by atoms with Crippen LogP contribution in [-0.4, -0.2) is 32.8 Å². The molecule has 0 aliphatic rings. The van der Waals surface area contributed by atoms with E-state index in [1.54, 1.807) is 0 Å². The van der Waals surface area contributed by atoms with E-state index in [-0.39, 0.29) is 11.9 Å². The van der Waals surface area contributed by atoms with Gasteiger partial charge in [-0.05, 0) is 0 Å². The Morgan fingerprint density at radius 2 is 1.32 bits per heavy atom. The van der Waals surface area contributed by atoms with Crippen molar-refractivity contribution in [1.29, 1.82) is 0 Å². The molecular weight excluding hydrogens is 338 g/mol. The van der Waals surface area contributed by atoms with Crippen molar-refractivity contribution in [3.63, 3.8) is 0 Å². The van der Waals surface area contributed by atoms with Crippen LogP contribution in [-0.2, 0) is 36.2 Å². The van der Waals surface area contributed by atoms with Crippen molar-refractivity contribution in [3.05, 3.63) is 0 Å². The summed E-state index contributed by atoms with van der Waals surface area (Å²) in [5.41, 5.74) is 0. The molecule has 0 aromatic rings. The van der Waals surface area contributed by atoms with E-state index in [0.717, 1.165) is 25.7 Å². The van der Waals surface area contributed by atoms with Crippen molar-refractivity contribution in [2.24, 2.45) is 0 Å². The zero-order chi connectivity index (χ0) is 14.7. The number of unbranched alkanes of at least 4 members (excludes halogenated alkanes) is 2.